The van der Waals surface area contributed by atoms with Gasteiger partial charge in [0.05, 0.1) is 5.92 Å². The first-order valence-electron chi connectivity index (χ1n) is 11.3. The smallest absolute Gasteiger partial charge is 0.409 e. The van der Waals surface area contributed by atoms with Crippen molar-refractivity contribution in [3.63, 3.8) is 0 Å². The minimum atomic E-state index is -0.880. The van der Waals surface area contributed by atoms with Crippen LogP contribution in [0.3, 0.4) is 0 Å². The highest BCUT2D eigenvalue weighted by Crippen LogP contribution is 2.44. The van der Waals surface area contributed by atoms with Gasteiger partial charge in [0.15, 0.2) is 0 Å². The van der Waals surface area contributed by atoms with E-state index in [0.717, 1.165) is 27.8 Å². The maximum atomic E-state index is 13.0. The molecule has 2 aliphatic rings. The van der Waals surface area contributed by atoms with Gasteiger partial charge in [-0.15, -0.1) is 0 Å². The number of rotatable bonds is 4. The van der Waals surface area contributed by atoms with E-state index >= 15 is 0 Å². The summed E-state index contributed by atoms with van der Waals surface area (Å²) in [6, 6.07) is 22.5. The second-order valence-electron chi connectivity index (χ2n) is 9.12. The number of carboxylic acid groups (broad SMARTS) is 1. The quantitative estimate of drug-likeness (QED) is 0.592. The van der Waals surface area contributed by atoms with E-state index in [1.165, 1.54) is 11.1 Å². The van der Waals surface area contributed by atoms with E-state index in [-0.39, 0.29) is 25.0 Å². The predicted molar refractivity (Wildman–Crippen MR) is 126 cm³/mol. The zero-order valence-electron chi connectivity index (χ0n) is 18.8. The largest absolute Gasteiger partial charge is 0.481 e. The maximum Gasteiger partial charge on any atom is 0.409 e. The van der Waals surface area contributed by atoms with Gasteiger partial charge in [-0.2, -0.15) is 0 Å². The average Bonchev–Trinajstić information content (AvgIpc) is 3.40. The van der Waals surface area contributed by atoms with Gasteiger partial charge in [0.25, 0.3) is 0 Å². The molecule has 0 spiro atoms. The topological polar surface area (TPSA) is 66.8 Å². The molecule has 1 heterocycles. The molecule has 5 rings (SSSR count). The van der Waals surface area contributed by atoms with Crippen molar-refractivity contribution in [3.05, 3.63) is 94.5 Å². The summed E-state index contributed by atoms with van der Waals surface area (Å²) in [6.45, 7) is 4.72. The summed E-state index contributed by atoms with van der Waals surface area (Å²) in [4.78, 5) is 26.6. The molecule has 0 aromatic heterocycles. The molecule has 33 heavy (non-hydrogen) atoms. The Kier molecular flexibility index (Phi) is 5.41. The molecule has 2 unspecified atom stereocenters. The number of hydrogen-bond acceptors (Lipinski definition) is 3. The molecule has 2 atom stereocenters. The van der Waals surface area contributed by atoms with E-state index in [2.05, 4.69) is 24.3 Å². The molecule has 1 aliphatic heterocycles. The van der Waals surface area contributed by atoms with Gasteiger partial charge >= 0.3 is 12.1 Å². The molecule has 0 saturated carbocycles. The summed E-state index contributed by atoms with van der Waals surface area (Å²) in [6.07, 6.45) is -0.448. The number of hydrogen-bond donors (Lipinski definition) is 1. The van der Waals surface area contributed by atoms with Crippen LogP contribution < -0.4 is 0 Å². The summed E-state index contributed by atoms with van der Waals surface area (Å²) >= 11 is 0. The van der Waals surface area contributed by atoms with Gasteiger partial charge in [-0.25, -0.2) is 4.79 Å². The van der Waals surface area contributed by atoms with Gasteiger partial charge < -0.3 is 14.7 Å². The molecule has 1 amide bonds. The summed E-state index contributed by atoms with van der Waals surface area (Å²) in [5.74, 6) is -1.79. The monoisotopic (exact) mass is 441 g/mol. The molecule has 0 radical (unpaired) electrons. The fourth-order valence-electron chi connectivity index (χ4n) is 5.36. The predicted octanol–water partition coefficient (Wildman–Crippen LogP) is 5.35. The highest BCUT2D eigenvalue weighted by atomic mass is 16.6. The molecule has 0 bridgehead atoms. The number of amides is 1. The van der Waals surface area contributed by atoms with E-state index in [1.807, 2.05) is 56.3 Å². The number of aryl methyl sites for hydroxylation is 2. The van der Waals surface area contributed by atoms with Gasteiger partial charge in [0.1, 0.15) is 6.61 Å². The average molecular weight is 442 g/mol. The SMILES string of the molecule is Cc1ccc(C)c(C2CN(C(=O)OCC3c4ccccc4-c4ccccc43)CC2C(=O)O)c1. The number of fused-ring (bicyclic) bond motifs is 3. The van der Waals surface area contributed by atoms with Crippen molar-refractivity contribution in [3.8, 4) is 11.1 Å². The van der Waals surface area contributed by atoms with Crippen LogP contribution in [-0.4, -0.2) is 41.8 Å². The molecular formula is C28H27NO4. The third-order valence-electron chi connectivity index (χ3n) is 7.07. The molecule has 1 fully saturated rings. The molecule has 5 nitrogen and oxygen atoms in total. The van der Waals surface area contributed by atoms with Crippen molar-refractivity contribution >= 4 is 12.1 Å². The lowest BCUT2D eigenvalue weighted by Gasteiger charge is -2.20. The number of benzene rings is 3. The molecule has 1 saturated heterocycles. The van der Waals surface area contributed by atoms with Crippen molar-refractivity contribution in [2.75, 3.05) is 19.7 Å². The van der Waals surface area contributed by atoms with Gasteiger partial charge in [-0.1, -0.05) is 72.3 Å². The summed E-state index contributed by atoms with van der Waals surface area (Å²) in [5.41, 5.74) is 7.80. The zero-order chi connectivity index (χ0) is 23.1. The number of nitrogens with zero attached hydrogens (tertiary/aromatic N) is 1. The number of likely N-dealkylation sites (tertiary alicyclic amines) is 1. The minimum absolute atomic E-state index is 0.0194. The van der Waals surface area contributed by atoms with Crippen molar-refractivity contribution in [2.24, 2.45) is 5.92 Å². The number of carboxylic acids is 1. The second-order valence-corrected chi connectivity index (χ2v) is 9.12. The number of ether oxygens (including phenoxy) is 1. The van der Waals surface area contributed by atoms with Crippen LogP contribution in [0.25, 0.3) is 11.1 Å². The lowest BCUT2D eigenvalue weighted by molar-refractivity contribution is -0.141. The fourth-order valence-corrected chi connectivity index (χ4v) is 5.36. The maximum absolute atomic E-state index is 13.0. The van der Waals surface area contributed by atoms with Gasteiger partial charge in [0, 0.05) is 24.9 Å². The Bertz CT molecular complexity index is 1190. The summed E-state index contributed by atoms with van der Waals surface area (Å²) in [5, 5.41) is 9.85. The molecule has 168 valence electrons. The van der Waals surface area contributed by atoms with Gasteiger partial charge in [0.2, 0.25) is 0 Å². The first-order valence-corrected chi connectivity index (χ1v) is 11.3. The van der Waals surface area contributed by atoms with E-state index in [4.69, 9.17) is 4.74 Å². The van der Waals surface area contributed by atoms with Crippen molar-refractivity contribution in [2.45, 2.75) is 25.7 Å². The highest BCUT2D eigenvalue weighted by Gasteiger charge is 2.42. The van der Waals surface area contributed by atoms with E-state index in [9.17, 15) is 14.7 Å². The van der Waals surface area contributed by atoms with Crippen LogP contribution >= 0.6 is 0 Å². The Morgan fingerprint density at radius 3 is 2.18 bits per heavy atom. The summed E-state index contributed by atoms with van der Waals surface area (Å²) in [7, 11) is 0. The number of aliphatic carboxylic acids is 1. The summed E-state index contributed by atoms with van der Waals surface area (Å²) < 4.78 is 5.78. The minimum Gasteiger partial charge on any atom is -0.481 e. The van der Waals surface area contributed by atoms with Crippen LogP contribution in [0.2, 0.25) is 0 Å². The molecular weight excluding hydrogens is 414 g/mol. The van der Waals surface area contributed by atoms with Crippen molar-refractivity contribution < 1.29 is 19.4 Å². The Hall–Kier alpha value is -3.60. The molecule has 1 N–H and O–H groups in total. The van der Waals surface area contributed by atoms with Crippen LogP contribution in [-0.2, 0) is 9.53 Å². The van der Waals surface area contributed by atoms with Crippen LogP contribution in [0.5, 0.6) is 0 Å². The second kappa shape index (κ2) is 8.39. The fraction of sp³-hybridized carbons (Fsp3) is 0.286. The third kappa shape index (κ3) is 3.78. The molecule has 1 aliphatic carbocycles. The Morgan fingerprint density at radius 1 is 0.909 bits per heavy atom. The number of carbonyl (C=O) groups excluding carboxylic acids is 1. The van der Waals surface area contributed by atoms with Crippen LogP contribution in [0, 0.1) is 19.8 Å². The first kappa shape index (κ1) is 21.3. The van der Waals surface area contributed by atoms with Crippen molar-refractivity contribution in [1.29, 1.82) is 0 Å². The lowest BCUT2D eigenvalue weighted by Crippen LogP contribution is -2.31. The first-order chi connectivity index (χ1) is 15.9. The Morgan fingerprint density at radius 2 is 1.55 bits per heavy atom. The van der Waals surface area contributed by atoms with Gasteiger partial charge in [-0.3, -0.25) is 4.79 Å². The van der Waals surface area contributed by atoms with E-state index < -0.39 is 18.0 Å². The Labute approximate surface area is 193 Å². The highest BCUT2D eigenvalue weighted by molar-refractivity contribution is 5.79. The van der Waals surface area contributed by atoms with E-state index in [0.29, 0.717) is 6.54 Å². The standard InChI is InChI=1S/C28H27NO4/c1-17-11-12-18(2)23(13-17)24-14-29(15-25(24)27(30)31)28(32)33-16-26-21-9-5-3-7-19(21)20-8-4-6-10-22(20)26/h3-13,24-26H,14-16H2,1-2H3,(H,30,31). The van der Waals surface area contributed by atoms with Gasteiger partial charge in [-0.05, 0) is 47.2 Å². The van der Waals surface area contributed by atoms with Crippen LogP contribution in [0.4, 0.5) is 4.79 Å². The molecule has 3 aromatic carbocycles. The third-order valence-corrected chi connectivity index (χ3v) is 7.07. The van der Waals surface area contributed by atoms with E-state index in [1.54, 1.807) is 4.90 Å². The Balaban J connectivity index is 1.34. The molecule has 5 heteroatoms. The normalized spacial score (nSPS) is 19.3. The van der Waals surface area contributed by atoms with Crippen LogP contribution in [0.1, 0.15) is 39.7 Å². The van der Waals surface area contributed by atoms with Crippen molar-refractivity contribution in [1.82, 2.24) is 4.90 Å². The number of carbonyl (C=O) groups is 2. The molecule has 3 aromatic rings. The lowest BCUT2D eigenvalue weighted by atomic mass is 9.86. The van der Waals surface area contributed by atoms with Crippen LogP contribution in [0.15, 0.2) is 66.7 Å². The zero-order valence-corrected chi connectivity index (χ0v) is 18.8.